The molecule has 3 nitrogen and oxygen atoms in total. The molecule has 24 heavy (non-hydrogen) atoms. The summed E-state index contributed by atoms with van der Waals surface area (Å²) in [5.41, 5.74) is 3.15. The number of carbonyl (C=O) groups excluding carboxylic acids is 1. The van der Waals surface area contributed by atoms with Gasteiger partial charge in [-0.1, -0.05) is 24.9 Å². The number of rotatable bonds is 5. The molecule has 1 aliphatic heterocycles. The molecule has 0 unspecified atom stereocenters. The van der Waals surface area contributed by atoms with Gasteiger partial charge in [0.1, 0.15) is 11.3 Å². The van der Waals surface area contributed by atoms with Crippen LogP contribution in [0.4, 0.5) is 0 Å². The summed E-state index contributed by atoms with van der Waals surface area (Å²) in [6.07, 6.45) is 6.94. The van der Waals surface area contributed by atoms with E-state index >= 15 is 0 Å². The third-order valence-electron chi connectivity index (χ3n) is 4.41. The van der Waals surface area contributed by atoms with E-state index in [2.05, 4.69) is 18.9 Å². The molecule has 1 aromatic carbocycles. The Morgan fingerprint density at radius 1 is 1.38 bits per heavy atom. The first kappa shape index (κ1) is 19.0. The summed E-state index contributed by atoms with van der Waals surface area (Å²) < 4.78 is 6.00. The second-order valence-electron chi connectivity index (χ2n) is 6.23. The van der Waals surface area contributed by atoms with Crippen LogP contribution in [0.25, 0.3) is 17.0 Å². The highest BCUT2D eigenvalue weighted by atomic mass is 35.5. The van der Waals surface area contributed by atoms with Crippen LogP contribution < -0.4 is 0 Å². The van der Waals surface area contributed by atoms with Gasteiger partial charge in [0.25, 0.3) is 0 Å². The summed E-state index contributed by atoms with van der Waals surface area (Å²) in [5.74, 6) is 0.932. The molecule has 0 radical (unpaired) electrons. The van der Waals surface area contributed by atoms with Gasteiger partial charge in [0.15, 0.2) is 5.78 Å². The molecule has 0 saturated heterocycles. The van der Waals surface area contributed by atoms with Gasteiger partial charge in [-0.2, -0.15) is 0 Å². The molecule has 1 aromatic heterocycles. The smallest absolute Gasteiger partial charge is 0.155 e. The van der Waals surface area contributed by atoms with Gasteiger partial charge in [0.2, 0.25) is 0 Å². The van der Waals surface area contributed by atoms with Gasteiger partial charge in [-0.25, -0.2) is 0 Å². The molecule has 130 valence electrons. The molecule has 0 aliphatic carbocycles. The number of hydrogen-bond acceptors (Lipinski definition) is 3. The van der Waals surface area contributed by atoms with Gasteiger partial charge < -0.3 is 9.32 Å². The first-order valence-corrected chi connectivity index (χ1v) is 8.60. The highest BCUT2D eigenvalue weighted by Crippen LogP contribution is 2.36. The fourth-order valence-corrected chi connectivity index (χ4v) is 3.36. The lowest BCUT2D eigenvalue weighted by atomic mass is 10.0. The maximum Gasteiger partial charge on any atom is 0.155 e. The zero-order valence-corrected chi connectivity index (χ0v) is 15.7. The van der Waals surface area contributed by atoms with Crippen LogP contribution in [-0.4, -0.2) is 24.3 Å². The van der Waals surface area contributed by atoms with Crippen molar-refractivity contribution in [1.29, 1.82) is 0 Å². The zero-order valence-electron chi connectivity index (χ0n) is 14.1. The Hall–Kier alpha value is -1.29. The van der Waals surface area contributed by atoms with E-state index in [-0.39, 0.29) is 18.2 Å². The first-order valence-electron chi connectivity index (χ1n) is 8.22. The maximum atomic E-state index is 11.9. The van der Waals surface area contributed by atoms with E-state index in [0.29, 0.717) is 6.42 Å². The fraction of sp³-hybridized carbons (Fsp3) is 0.421. The summed E-state index contributed by atoms with van der Waals surface area (Å²) in [5, 5.41) is 1.92. The largest absolute Gasteiger partial charge is 0.456 e. The van der Waals surface area contributed by atoms with Crippen LogP contribution in [0.1, 0.15) is 43.1 Å². The van der Waals surface area contributed by atoms with Crippen molar-refractivity contribution in [2.75, 3.05) is 13.6 Å². The van der Waals surface area contributed by atoms with E-state index in [0.717, 1.165) is 65.2 Å². The maximum absolute atomic E-state index is 11.9. The second kappa shape index (κ2) is 8.19. The predicted octanol–water partition coefficient (Wildman–Crippen LogP) is 5.27. The standard InChI is InChI=1S/C19H22ClNO2.ClH/c1-3-4-5-13(22)6-8-17-15-12-21(2)11-10-14-16(20)7-9-18(23-17)19(14)15;/h6-9H,3-5,10-12H2,1-2H3;1H/b8-6+;. The molecule has 0 atom stereocenters. The first-order chi connectivity index (χ1) is 11.1. The van der Waals surface area contributed by atoms with Gasteiger partial charge in [0, 0.05) is 35.5 Å². The lowest BCUT2D eigenvalue weighted by molar-refractivity contribution is -0.114. The second-order valence-corrected chi connectivity index (χ2v) is 6.64. The van der Waals surface area contributed by atoms with Gasteiger partial charge in [0.05, 0.1) is 0 Å². The lowest BCUT2D eigenvalue weighted by Crippen LogP contribution is -2.18. The minimum atomic E-state index is 0. The molecule has 0 fully saturated rings. The van der Waals surface area contributed by atoms with Crippen LogP contribution >= 0.6 is 24.0 Å². The van der Waals surface area contributed by atoms with Gasteiger partial charge in [-0.3, -0.25) is 4.79 Å². The SMILES string of the molecule is CCCCC(=O)/C=C/c1oc2ccc(Cl)c3c2c1CN(C)CC3.Cl. The Morgan fingerprint density at radius 3 is 2.92 bits per heavy atom. The zero-order chi connectivity index (χ0) is 16.4. The van der Waals surface area contributed by atoms with Crippen LogP contribution in [0.5, 0.6) is 0 Å². The Labute approximate surface area is 154 Å². The van der Waals surface area contributed by atoms with Crippen LogP contribution in [0, 0.1) is 0 Å². The fourth-order valence-electron chi connectivity index (χ4n) is 3.11. The molecule has 2 aromatic rings. The Bertz CT molecular complexity index is 764. The molecule has 1 aliphatic rings. The Morgan fingerprint density at radius 2 is 2.17 bits per heavy atom. The van der Waals surface area contributed by atoms with E-state index < -0.39 is 0 Å². The molecule has 0 spiro atoms. The van der Waals surface area contributed by atoms with Crippen molar-refractivity contribution >= 4 is 46.8 Å². The number of unbranched alkanes of at least 4 members (excludes halogenated alkanes) is 1. The number of allylic oxidation sites excluding steroid dienone is 1. The summed E-state index contributed by atoms with van der Waals surface area (Å²) in [7, 11) is 2.10. The van der Waals surface area contributed by atoms with E-state index in [1.54, 1.807) is 6.08 Å². The van der Waals surface area contributed by atoms with Crippen molar-refractivity contribution in [3.8, 4) is 0 Å². The van der Waals surface area contributed by atoms with E-state index in [9.17, 15) is 4.79 Å². The van der Waals surface area contributed by atoms with Crippen molar-refractivity contribution in [3.05, 3.63) is 40.1 Å². The van der Waals surface area contributed by atoms with Gasteiger partial charge >= 0.3 is 0 Å². The minimum absolute atomic E-state index is 0. The highest BCUT2D eigenvalue weighted by Gasteiger charge is 2.22. The number of nitrogens with zero attached hydrogens (tertiary/aromatic N) is 1. The van der Waals surface area contributed by atoms with Crippen LogP contribution in [-0.2, 0) is 17.8 Å². The molecule has 2 heterocycles. The molecular weight excluding hydrogens is 345 g/mol. The molecule has 0 saturated carbocycles. The minimum Gasteiger partial charge on any atom is -0.456 e. The molecular formula is C19H23Cl2NO2. The van der Waals surface area contributed by atoms with E-state index in [1.807, 2.05) is 18.2 Å². The number of furan rings is 1. The monoisotopic (exact) mass is 367 g/mol. The third-order valence-corrected chi connectivity index (χ3v) is 4.76. The number of ketones is 1. The Balaban J connectivity index is 0.00000208. The van der Waals surface area contributed by atoms with E-state index in [4.69, 9.17) is 16.0 Å². The molecule has 0 bridgehead atoms. The Kier molecular flexibility index (Phi) is 6.50. The van der Waals surface area contributed by atoms with Crippen molar-refractivity contribution in [3.63, 3.8) is 0 Å². The van der Waals surface area contributed by atoms with Crippen molar-refractivity contribution in [2.45, 2.75) is 39.2 Å². The van der Waals surface area contributed by atoms with E-state index in [1.165, 1.54) is 0 Å². The van der Waals surface area contributed by atoms with Crippen LogP contribution in [0.15, 0.2) is 22.6 Å². The number of likely N-dealkylation sites (N-methyl/N-ethyl adjacent to an activating group) is 1. The third kappa shape index (κ3) is 3.85. The highest BCUT2D eigenvalue weighted by molar-refractivity contribution is 6.32. The summed E-state index contributed by atoms with van der Waals surface area (Å²) in [6, 6.07) is 3.82. The summed E-state index contributed by atoms with van der Waals surface area (Å²) in [4.78, 5) is 14.2. The quantitative estimate of drug-likeness (QED) is 0.675. The average molecular weight is 368 g/mol. The summed E-state index contributed by atoms with van der Waals surface area (Å²) in [6.45, 7) is 3.86. The normalized spacial score (nSPS) is 14.8. The lowest BCUT2D eigenvalue weighted by Gasteiger charge is -2.12. The van der Waals surface area contributed by atoms with Crippen molar-refractivity contribution < 1.29 is 9.21 Å². The molecule has 0 N–H and O–H groups in total. The van der Waals surface area contributed by atoms with Crippen molar-refractivity contribution in [2.24, 2.45) is 0 Å². The molecule has 5 heteroatoms. The van der Waals surface area contributed by atoms with Crippen molar-refractivity contribution in [1.82, 2.24) is 4.90 Å². The molecule has 3 rings (SSSR count). The number of carbonyl (C=O) groups is 1. The number of hydrogen-bond donors (Lipinski definition) is 0. The van der Waals surface area contributed by atoms with Crippen LogP contribution in [0.3, 0.4) is 0 Å². The summed E-state index contributed by atoms with van der Waals surface area (Å²) >= 11 is 6.39. The predicted molar refractivity (Wildman–Crippen MR) is 102 cm³/mol. The number of benzene rings is 1. The van der Waals surface area contributed by atoms with Gasteiger partial charge in [-0.15, -0.1) is 12.4 Å². The molecule has 0 amide bonds. The average Bonchev–Trinajstić information content (AvgIpc) is 2.77. The van der Waals surface area contributed by atoms with Gasteiger partial charge in [-0.05, 0) is 49.7 Å². The topological polar surface area (TPSA) is 33.5 Å². The number of halogens is 2. The van der Waals surface area contributed by atoms with Crippen LogP contribution in [0.2, 0.25) is 5.02 Å².